The van der Waals surface area contributed by atoms with Gasteiger partial charge < -0.3 is 18.9 Å². The van der Waals surface area contributed by atoms with Crippen LogP contribution in [0.1, 0.15) is 118 Å². The molecule has 254 valence electrons. The van der Waals surface area contributed by atoms with Gasteiger partial charge in [0.05, 0.1) is 0 Å². The van der Waals surface area contributed by atoms with Gasteiger partial charge in [-0.1, -0.05) is 83.2 Å². The van der Waals surface area contributed by atoms with Crippen LogP contribution in [-0.2, 0) is 35.2 Å². The van der Waals surface area contributed by atoms with Crippen LogP contribution in [0.3, 0.4) is 0 Å². The molecule has 3 aromatic rings. The van der Waals surface area contributed by atoms with Gasteiger partial charge in [0.25, 0.3) is 0 Å². The highest BCUT2D eigenvalue weighted by molar-refractivity contribution is 7.80. The van der Waals surface area contributed by atoms with Gasteiger partial charge >= 0.3 is 0 Å². The lowest BCUT2D eigenvalue weighted by Gasteiger charge is -2.30. The highest BCUT2D eigenvalue weighted by Gasteiger charge is 2.30. The van der Waals surface area contributed by atoms with Crippen LogP contribution in [0.2, 0.25) is 0 Å². The topological polar surface area (TPSA) is 36.9 Å². The van der Waals surface area contributed by atoms with Crippen molar-refractivity contribution in [1.29, 1.82) is 0 Å². The molecule has 4 nitrogen and oxygen atoms in total. The molecular weight excluding hydrogens is 587 g/mol. The van der Waals surface area contributed by atoms with Gasteiger partial charge in [-0.15, -0.1) is 0 Å². The van der Waals surface area contributed by atoms with Crippen LogP contribution < -0.4 is 25.4 Å². The van der Waals surface area contributed by atoms with Crippen LogP contribution in [0, 0.1) is 20.8 Å². The van der Waals surface area contributed by atoms with Gasteiger partial charge in [-0.2, -0.15) is 0 Å². The molecule has 0 amide bonds. The number of hydrogen-bond acceptors (Lipinski definition) is 4. The van der Waals surface area contributed by atoms with Crippen LogP contribution in [0.4, 0.5) is 0 Å². The first-order chi connectivity index (χ1) is 22.3. The quantitative estimate of drug-likeness (QED) is 0.0852. The second kappa shape index (κ2) is 20.1. The van der Waals surface area contributed by atoms with E-state index >= 15 is 0 Å². The monoisotopic (exact) mass is 648 g/mol. The Kier molecular flexibility index (Phi) is 16.6. The molecule has 0 aliphatic heterocycles. The first-order valence-electron chi connectivity index (χ1n) is 17.8. The molecule has 5 heteroatoms. The normalized spacial score (nSPS) is 11.4. The molecule has 0 atom stereocenters. The molecule has 3 rings (SSSR count). The van der Waals surface area contributed by atoms with E-state index in [9.17, 15) is 0 Å². The predicted octanol–water partition coefficient (Wildman–Crippen LogP) is 9.71. The first kappa shape index (κ1) is 38.1. The standard InChI is InChI=1S/C41H61O4P/c1-10-14-18-33-24-35(20-16-12-3)39(44-28-42-8)37(26-33)46(41-31(6)22-30(5)23-32(41)7)38-27-34(19-15-11-2)25-36(21-17-13-4)40(38)45-29-43-9/h22-27H,10-21,28-29H2,1-9H3. The molecule has 46 heavy (non-hydrogen) atoms. The van der Waals surface area contributed by atoms with Gasteiger partial charge in [0, 0.05) is 24.8 Å². The van der Waals surface area contributed by atoms with Crippen LogP contribution in [0.15, 0.2) is 36.4 Å². The second-order valence-corrected chi connectivity index (χ2v) is 14.9. The summed E-state index contributed by atoms with van der Waals surface area (Å²) < 4.78 is 24.4. The van der Waals surface area contributed by atoms with Gasteiger partial charge in [0.15, 0.2) is 13.6 Å². The molecule has 0 N–H and O–H groups in total. The van der Waals surface area contributed by atoms with E-state index in [2.05, 4.69) is 84.9 Å². The largest absolute Gasteiger partial charge is 0.467 e. The molecule has 3 aromatic carbocycles. The van der Waals surface area contributed by atoms with E-state index in [1.54, 1.807) is 14.2 Å². The molecule has 0 saturated heterocycles. The molecule has 0 saturated carbocycles. The minimum absolute atomic E-state index is 0.223. The number of rotatable bonds is 21. The lowest BCUT2D eigenvalue weighted by atomic mass is 10.0. The van der Waals surface area contributed by atoms with Crippen molar-refractivity contribution in [2.24, 2.45) is 0 Å². The van der Waals surface area contributed by atoms with Crippen LogP contribution >= 0.6 is 7.92 Å². The lowest BCUT2D eigenvalue weighted by molar-refractivity contribution is 0.0511. The zero-order valence-electron chi connectivity index (χ0n) is 30.4. The zero-order valence-corrected chi connectivity index (χ0v) is 31.3. The molecular formula is C41H61O4P. The van der Waals surface area contributed by atoms with E-state index in [4.69, 9.17) is 18.9 Å². The molecule has 0 fully saturated rings. The maximum Gasteiger partial charge on any atom is 0.188 e. The Hall–Kier alpha value is -2.39. The molecule has 0 spiro atoms. The molecule has 0 unspecified atom stereocenters. The van der Waals surface area contributed by atoms with Gasteiger partial charge in [-0.25, -0.2) is 0 Å². The second-order valence-electron chi connectivity index (χ2n) is 12.8. The van der Waals surface area contributed by atoms with E-state index in [1.165, 1.54) is 80.5 Å². The average molecular weight is 649 g/mol. The summed E-state index contributed by atoms with van der Waals surface area (Å²) in [6.45, 7) is 16.3. The van der Waals surface area contributed by atoms with Crippen molar-refractivity contribution in [3.8, 4) is 11.5 Å². The molecule has 0 heterocycles. The van der Waals surface area contributed by atoms with Crippen LogP contribution in [-0.4, -0.2) is 27.8 Å². The molecule has 0 aliphatic carbocycles. The third-order valence-electron chi connectivity index (χ3n) is 8.63. The van der Waals surface area contributed by atoms with E-state index in [1.807, 2.05) is 0 Å². The highest BCUT2D eigenvalue weighted by Crippen LogP contribution is 2.45. The summed E-state index contributed by atoms with van der Waals surface area (Å²) in [5.41, 5.74) is 9.33. The van der Waals surface area contributed by atoms with Gasteiger partial charge in [-0.05, 0) is 131 Å². The summed E-state index contributed by atoms with van der Waals surface area (Å²) in [5, 5.41) is 3.95. The van der Waals surface area contributed by atoms with E-state index < -0.39 is 7.92 Å². The van der Waals surface area contributed by atoms with Gasteiger partial charge in [0.1, 0.15) is 11.5 Å². The van der Waals surface area contributed by atoms with Crippen LogP contribution in [0.25, 0.3) is 0 Å². The van der Waals surface area contributed by atoms with Crippen molar-refractivity contribution in [2.45, 2.75) is 126 Å². The van der Waals surface area contributed by atoms with Crippen molar-refractivity contribution in [3.05, 3.63) is 75.3 Å². The Morgan fingerprint density at radius 3 is 1.28 bits per heavy atom. The molecule has 0 bridgehead atoms. The Bertz CT molecular complexity index is 1270. The Labute approximate surface area is 282 Å². The first-order valence-corrected chi connectivity index (χ1v) is 19.1. The summed E-state index contributed by atoms with van der Waals surface area (Å²) in [4.78, 5) is 0. The summed E-state index contributed by atoms with van der Waals surface area (Å²) in [7, 11) is 2.37. The maximum atomic E-state index is 6.64. The number of benzene rings is 3. The summed E-state index contributed by atoms with van der Waals surface area (Å²) >= 11 is 0. The fourth-order valence-electron chi connectivity index (χ4n) is 6.43. The van der Waals surface area contributed by atoms with Crippen molar-refractivity contribution in [3.63, 3.8) is 0 Å². The smallest absolute Gasteiger partial charge is 0.188 e. The third kappa shape index (κ3) is 10.3. The van der Waals surface area contributed by atoms with E-state index in [-0.39, 0.29) is 13.6 Å². The predicted molar refractivity (Wildman–Crippen MR) is 199 cm³/mol. The van der Waals surface area contributed by atoms with Gasteiger partial charge in [0.2, 0.25) is 0 Å². The minimum Gasteiger partial charge on any atom is -0.467 e. The van der Waals surface area contributed by atoms with Crippen LogP contribution in [0.5, 0.6) is 11.5 Å². The maximum absolute atomic E-state index is 6.64. The Balaban J connectivity index is 2.54. The van der Waals surface area contributed by atoms with Crippen molar-refractivity contribution < 1.29 is 18.9 Å². The highest BCUT2D eigenvalue weighted by atomic mass is 31.1. The number of unbranched alkanes of at least 4 members (excludes halogenated alkanes) is 4. The Morgan fingerprint density at radius 1 is 0.522 bits per heavy atom. The number of hydrogen-bond donors (Lipinski definition) is 0. The fourth-order valence-corrected chi connectivity index (χ4v) is 9.41. The van der Waals surface area contributed by atoms with Crippen molar-refractivity contribution in [1.82, 2.24) is 0 Å². The number of methoxy groups -OCH3 is 2. The zero-order chi connectivity index (χ0) is 33.5. The van der Waals surface area contributed by atoms with Crippen molar-refractivity contribution in [2.75, 3.05) is 27.8 Å². The third-order valence-corrected chi connectivity index (χ3v) is 11.4. The molecule has 0 aromatic heterocycles. The van der Waals surface area contributed by atoms with E-state index in [0.29, 0.717) is 0 Å². The Morgan fingerprint density at radius 2 is 0.913 bits per heavy atom. The molecule has 0 radical (unpaired) electrons. The fraction of sp³-hybridized carbons (Fsp3) is 0.561. The van der Waals surface area contributed by atoms with Crippen molar-refractivity contribution >= 4 is 23.8 Å². The summed E-state index contributed by atoms with van der Waals surface area (Å²) in [5.74, 6) is 1.99. The average Bonchev–Trinajstić information content (AvgIpc) is 3.04. The van der Waals surface area contributed by atoms with E-state index in [0.717, 1.165) is 62.9 Å². The minimum atomic E-state index is -1.06. The number of ether oxygens (including phenoxy) is 4. The number of aryl methyl sites for hydroxylation is 7. The summed E-state index contributed by atoms with van der Waals surface area (Å²) in [6, 6.07) is 14.4. The lowest BCUT2D eigenvalue weighted by Crippen LogP contribution is -2.29. The summed E-state index contributed by atoms with van der Waals surface area (Å²) in [6.07, 6.45) is 13.3. The SMILES string of the molecule is CCCCc1cc(CCCC)c(OCOC)c(P(c2cc(CCCC)cc(CCCC)c2OCOC)c2c(C)cc(C)cc2C)c1. The van der Waals surface area contributed by atoms with Gasteiger partial charge in [-0.3, -0.25) is 0 Å². The molecule has 0 aliphatic rings.